The number of aromatic amines is 1. The lowest BCUT2D eigenvalue weighted by Crippen LogP contribution is -2.12. The van der Waals surface area contributed by atoms with Crippen LogP contribution in [0.2, 0.25) is 5.02 Å². The van der Waals surface area contributed by atoms with E-state index in [2.05, 4.69) is 25.6 Å². The first-order valence-corrected chi connectivity index (χ1v) is 14.2. The van der Waals surface area contributed by atoms with Crippen molar-refractivity contribution in [2.75, 3.05) is 22.9 Å². The van der Waals surface area contributed by atoms with E-state index in [1.165, 1.54) is 24.5 Å². The van der Waals surface area contributed by atoms with Gasteiger partial charge in [-0.1, -0.05) is 42.6 Å². The number of H-pyrrole nitrogens is 1. The van der Waals surface area contributed by atoms with Crippen molar-refractivity contribution < 1.29 is 18.7 Å². The summed E-state index contributed by atoms with van der Waals surface area (Å²) in [7, 11) is 0. The highest BCUT2D eigenvalue weighted by Crippen LogP contribution is 2.31. The molecule has 0 unspecified atom stereocenters. The Balaban J connectivity index is 1.14. The minimum Gasteiger partial charge on any atom is -0.457 e. The van der Waals surface area contributed by atoms with Crippen LogP contribution in [0.3, 0.4) is 0 Å². The lowest BCUT2D eigenvalue weighted by Gasteiger charge is -2.10. The molecular formula is C32H30ClFN6O3. The summed E-state index contributed by atoms with van der Waals surface area (Å²) in [6.07, 6.45) is 6.67. The molecule has 0 bridgehead atoms. The number of nitrogens with one attached hydrogen (secondary N) is 3. The molecule has 2 aromatic heterocycles. The summed E-state index contributed by atoms with van der Waals surface area (Å²) in [5.41, 5.74) is 7.63. The standard InChI is InChI=1S/C32H30ClFN6O3/c33-25-17-22(43-21-8-4-3-5-9-21)12-13-23(25)30(42)24-18-37-32-29(24)31(38-19-39-32)36-15-7-2-1-6-10-28(41)40-27-14-11-20(34)16-26(27)35/h3-5,8-9,11-14,16-19H,1-2,6-7,10,15,35H2,(H,40,41)(H2,36,37,38,39). The number of fused-ring (bicyclic) bond motifs is 1. The predicted molar refractivity (Wildman–Crippen MR) is 166 cm³/mol. The minimum atomic E-state index is -0.449. The first-order chi connectivity index (χ1) is 20.9. The number of hydrogen-bond acceptors (Lipinski definition) is 7. The molecule has 0 atom stereocenters. The Morgan fingerprint density at radius 2 is 1.74 bits per heavy atom. The fraction of sp³-hybridized carbons (Fsp3) is 0.188. The molecule has 2 heterocycles. The van der Waals surface area contributed by atoms with Gasteiger partial charge in [-0.15, -0.1) is 0 Å². The van der Waals surface area contributed by atoms with Crippen LogP contribution in [0.4, 0.5) is 21.6 Å². The quantitative estimate of drug-likeness (QED) is 0.0630. The normalized spacial score (nSPS) is 10.9. The highest BCUT2D eigenvalue weighted by Gasteiger charge is 2.21. The van der Waals surface area contributed by atoms with E-state index in [9.17, 15) is 14.0 Å². The number of hydrogen-bond donors (Lipinski definition) is 4. The van der Waals surface area contributed by atoms with Gasteiger partial charge in [-0.2, -0.15) is 0 Å². The molecule has 9 nitrogen and oxygen atoms in total. The maximum absolute atomic E-state index is 13.5. The zero-order valence-corrected chi connectivity index (χ0v) is 24.0. The molecule has 0 fully saturated rings. The summed E-state index contributed by atoms with van der Waals surface area (Å²) in [6.45, 7) is 0.621. The van der Waals surface area contributed by atoms with Crippen molar-refractivity contribution in [3.05, 3.63) is 101 Å². The Morgan fingerprint density at radius 3 is 2.53 bits per heavy atom. The number of carbonyl (C=O) groups is 2. The number of nitrogens with two attached hydrogens (primary N) is 1. The zero-order valence-electron chi connectivity index (χ0n) is 23.2. The summed E-state index contributed by atoms with van der Waals surface area (Å²) < 4.78 is 19.0. The Morgan fingerprint density at radius 1 is 0.930 bits per heavy atom. The zero-order chi connectivity index (χ0) is 30.2. The second-order valence-electron chi connectivity index (χ2n) is 9.90. The van der Waals surface area contributed by atoms with Gasteiger partial charge in [-0.25, -0.2) is 14.4 Å². The van der Waals surface area contributed by atoms with E-state index in [1.807, 2.05) is 30.3 Å². The number of ketones is 1. The summed E-state index contributed by atoms with van der Waals surface area (Å²) in [5, 5.41) is 6.89. The Labute approximate surface area is 252 Å². The second kappa shape index (κ2) is 13.8. The molecule has 0 aliphatic heterocycles. The number of anilines is 3. The SMILES string of the molecule is Nc1cc(F)ccc1NC(=O)CCCCCCNc1ncnc2[nH]cc(C(=O)c3ccc(Oc4ccccc4)cc3Cl)c12. The molecule has 5 rings (SSSR count). The van der Waals surface area contributed by atoms with Crippen molar-refractivity contribution in [2.24, 2.45) is 0 Å². The van der Waals surface area contributed by atoms with E-state index in [0.29, 0.717) is 64.6 Å². The molecule has 0 spiro atoms. The van der Waals surface area contributed by atoms with Crippen molar-refractivity contribution in [1.82, 2.24) is 15.0 Å². The smallest absolute Gasteiger partial charge is 0.224 e. The maximum Gasteiger partial charge on any atom is 0.224 e. The molecule has 43 heavy (non-hydrogen) atoms. The third-order valence-electron chi connectivity index (χ3n) is 6.79. The van der Waals surface area contributed by atoms with Gasteiger partial charge in [0, 0.05) is 30.8 Å². The number of amides is 1. The van der Waals surface area contributed by atoms with Crippen LogP contribution in [-0.4, -0.2) is 33.2 Å². The molecule has 0 aliphatic carbocycles. The van der Waals surface area contributed by atoms with E-state index >= 15 is 0 Å². The van der Waals surface area contributed by atoms with Gasteiger partial charge in [0.25, 0.3) is 0 Å². The summed E-state index contributed by atoms with van der Waals surface area (Å²) in [4.78, 5) is 37.4. The highest BCUT2D eigenvalue weighted by molar-refractivity contribution is 6.35. The van der Waals surface area contributed by atoms with Crippen molar-refractivity contribution in [1.29, 1.82) is 0 Å². The van der Waals surface area contributed by atoms with Crippen molar-refractivity contribution in [2.45, 2.75) is 32.1 Å². The molecule has 0 radical (unpaired) electrons. The largest absolute Gasteiger partial charge is 0.457 e. The van der Waals surface area contributed by atoms with Gasteiger partial charge in [0.15, 0.2) is 5.78 Å². The average molecular weight is 601 g/mol. The van der Waals surface area contributed by atoms with Crippen molar-refractivity contribution >= 4 is 51.5 Å². The summed E-state index contributed by atoms with van der Waals surface area (Å²) in [6, 6.07) is 18.2. The fourth-order valence-electron chi connectivity index (χ4n) is 4.62. The topological polar surface area (TPSA) is 135 Å². The number of para-hydroxylation sites is 1. The first kappa shape index (κ1) is 29.5. The molecule has 3 aromatic carbocycles. The van der Waals surface area contributed by atoms with Gasteiger partial charge >= 0.3 is 0 Å². The van der Waals surface area contributed by atoms with Crippen LogP contribution in [0.25, 0.3) is 11.0 Å². The van der Waals surface area contributed by atoms with Crippen LogP contribution in [0.15, 0.2) is 79.3 Å². The third-order valence-corrected chi connectivity index (χ3v) is 7.10. The number of aromatic nitrogens is 3. The number of unbranched alkanes of at least 4 members (excludes halogenated alkanes) is 3. The monoisotopic (exact) mass is 600 g/mol. The molecule has 0 aliphatic rings. The van der Waals surface area contributed by atoms with E-state index in [4.69, 9.17) is 22.1 Å². The summed E-state index contributed by atoms with van der Waals surface area (Å²) in [5.74, 6) is 0.862. The van der Waals surface area contributed by atoms with Gasteiger partial charge in [-0.05, 0) is 55.3 Å². The van der Waals surface area contributed by atoms with Gasteiger partial charge in [0.05, 0.1) is 27.3 Å². The number of ether oxygens (including phenoxy) is 1. The van der Waals surface area contributed by atoms with Crippen LogP contribution >= 0.6 is 11.6 Å². The maximum atomic E-state index is 13.5. The Hall–Kier alpha value is -4.96. The number of nitrogen functional groups attached to an aromatic ring is 1. The van der Waals surface area contributed by atoms with E-state index in [1.54, 1.807) is 24.4 Å². The van der Waals surface area contributed by atoms with E-state index in [-0.39, 0.29) is 22.4 Å². The van der Waals surface area contributed by atoms with Crippen molar-refractivity contribution in [3.8, 4) is 11.5 Å². The van der Waals surface area contributed by atoms with Gasteiger partial charge < -0.3 is 26.1 Å². The second-order valence-corrected chi connectivity index (χ2v) is 10.3. The van der Waals surface area contributed by atoms with Crippen molar-refractivity contribution in [3.63, 3.8) is 0 Å². The van der Waals surface area contributed by atoms with Crippen LogP contribution in [-0.2, 0) is 4.79 Å². The van der Waals surface area contributed by atoms with E-state index in [0.717, 1.165) is 19.3 Å². The Kier molecular flexibility index (Phi) is 9.48. The molecule has 5 N–H and O–H groups in total. The van der Waals surface area contributed by atoms with Crippen LogP contribution < -0.4 is 21.1 Å². The number of nitrogens with zero attached hydrogens (tertiary/aromatic N) is 2. The lowest BCUT2D eigenvalue weighted by atomic mass is 10.0. The fourth-order valence-corrected chi connectivity index (χ4v) is 4.88. The highest BCUT2D eigenvalue weighted by atomic mass is 35.5. The summed E-state index contributed by atoms with van der Waals surface area (Å²) >= 11 is 6.51. The molecule has 0 saturated heterocycles. The third kappa shape index (κ3) is 7.47. The predicted octanol–water partition coefficient (Wildman–Crippen LogP) is 7.36. The van der Waals surface area contributed by atoms with Gasteiger partial charge in [0.1, 0.15) is 35.1 Å². The number of carbonyl (C=O) groups excluding carboxylic acids is 2. The molecule has 0 saturated carbocycles. The molecule has 220 valence electrons. The minimum absolute atomic E-state index is 0.164. The number of rotatable bonds is 13. The van der Waals surface area contributed by atoms with Gasteiger partial charge in [-0.3, -0.25) is 9.59 Å². The average Bonchev–Trinajstić information content (AvgIpc) is 3.44. The first-order valence-electron chi connectivity index (χ1n) is 13.9. The van der Waals surface area contributed by atoms with Crippen LogP contribution in [0, 0.1) is 5.82 Å². The van der Waals surface area contributed by atoms with E-state index < -0.39 is 5.82 Å². The molecule has 11 heteroatoms. The Bertz CT molecular complexity index is 1740. The lowest BCUT2D eigenvalue weighted by molar-refractivity contribution is -0.116. The van der Waals surface area contributed by atoms with Crippen LogP contribution in [0.5, 0.6) is 11.5 Å². The molecular weight excluding hydrogens is 571 g/mol. The van der Waals surface area contributed by atoms with Gasteiger partial charge in [0.2, 0.25) is 5.91 Å². The van der Waals surface area contributed by atoms with Crippen LogP contribution in [0.1, 0.15) is 48.0 Å². The number of benzene rings is 3. The molecule has 1 amide bonds. The molecule has 5 aromatic rings. The number of halogens is 2.